The summed E-state index contributed by atoms with van der Waals surface area (Å²) >= 11 is 0. The van der Waals surface area contributed by atoms with Crippen LogP contribution < -0.4 is 15.5 Å². The summed E-state index contributed by atoms with van der Waals surface area (Å²) in [6.07, 6.45) is -0.389. The summed E-state index contributed by atoms with van der Waals surface area (Å²) in [5.41, 5.74) is 1.23. The third-order valence-corrected chi connectivity index (χ3v) is 2.65. The van der Waals surface area contributed by atoms with E-state index in [9.17, 15) is 9.59 Å². The highest BCUT2D eigenvalue weighted by molar-refractivity contribution is 6.09. The van der Waals surface area contributed by atoms with Crippen molar-refractivity contribution in [2.24, 2.45) is 0 Å². The van der Waals surface area contributed by atoms with Crippen molar-refractivity contribution in [1.29, 1.82) is 0 Å². The molecule has 2 amide bonds. The summed E-state index contributed by atoms with van der Waals surface area (Å²) in [5.74, 6) is -0.165. The van der Waals surface area contributed by atoms with Crippen LogP contribution in [0, 0.1) is 0 Å². The maximum absolute atomic E-state index is 11.6. The second-order valence-corrected chi connectivity index (χ2v) is 3.54. The van der Waals surface area contributed by atoms with Crippen LogP contribution in [0.25, 0.3) is 0 Å². The first-order valence-corrected chi connectivity index (χ1v) is 4.73. The summed E-state index contributed by atoms with van der Waals surface area (Å²) in [5, 5.41) is 5.64. The zero-order valence-corrected chi connectivity index (χ0v) is 7.86. The summed E-state index contributed by atoms with van der Waals surface area (Å²) in [4.78, 5) is 24.8. The summed E-state index contributed by atoms with van der Waals surface area (Å²) in [7, 11) is 0. The standard InChI is InChI=1S/C10H9N3O2/c14-8-5-11-10-12-9(15)6-3-1-2-4-7(6)13(8)10/h1-4,10-11H,5H2,(H,12,15). The molecule has 5 heteroatoms. The zero-order valence-electron chi connectivity index (χ0n) is 7.86. The third kappa shape index (κ3) is 1.07. The lowest BCUT2D eigenvalue weighted by Crippen LogP contribution is -2.54. The van der Waals surface area contributed by atoms with Gasteiger partial charge in [0.15, 0.2) is 6.29 Å². The van der Waals surface area contributed by atoms with Gasteiger partial charge in [-0.2, -0.15) is 0 Å². The molecule has 5 nitrogen and oxygen atoms in total. The number of fused-ring (bicyclic) bond motifs is 3. The minimum atomic E-state index is -0.389. The van der Waals surface area contributed by atoms with Gasteiger partial charge in [0.05, 0.1) is 17.8 Å². The molecule has 1 aromatic carbocycles. The number of rotatable bonds is 0. The molecule has 0 spiro atoms. The number of hydrogen-bond acceptors (Lipinski definition) is 3. The van der Waals surface area contributed by atoms with Crippen LogP contribution in [0.15, 0.2) is 24.3 Å². The fourth-order valence-corrected chi connectivity index (χ4v) is 1.97. The highest BCUT2D eigenvalue weighted by Gasteiger charge is 2.38. The van der Waals surface area contributed by atoms with Crippen molar-refractivity contribution in [3.63, 3.8) is 0 Å². The van der Waals surface area contributed by atoms with Crippen molar-refractivity contribution in [2.45, 2.75) is 6.29 Å². The Hall–Kier alpha value is -1.88. The average molecular weight is 203 g/mol. The van der Waals surface area contributed by atoms with E-state index in [1.165, 1.54) is 0 Å². The quantitative estimate of drug-likeness (QED) is 0.606. The second kappa shape index (κ2) is 2.80. The van der Waals surface area contributed by atoms with Gasteiger partial charge in [-0.05, 0) is 12.1 Å². The molecule has 0 bridgehead atoms. The Labute approximate surface area is 86.1 Å². The Bertz CT molecular complexity index is 458. The summed E-state index contributed by atoms with van der Waals surface area (Å²) in [6, 6.07) is 7.10. The Morgan fingerprint density at radius 2 is 2.07 bits per heavy atom. The maximum Gasteiger partial charge on any atom is 0.256 e. The van der Waals surface area contributed by atoms with Gasteiger partial charge in [-0.15, -0.1) is 0 Å². The van der Waals surface area contributed by atoms with Gasteiger partial charge < -0.3 is 5.32 Å². The fourth-order valence-electron chi connectivity index (χ4n) is 1.97. The molecule has 1 unspecified atom stereocenters. The minimum absolute atomic E-state index is 0.0209. The third-order valence-electron chi connectivity index (χ3n) is 2.65. The lowest BCUT2D eigenvalue weighted by Gasteiger charge is -2.31. The van der Waals surface area contributed by atoms with Crippen LogP contribution in [0.1, 0.15) is 10.4 Å². The van der Waals surface area contributed by atoms with Gasteiger partial charge in [-0.1, -0.05) is 12.1 Å². The van der Waals surface area contributed by atoms with Crippen LogP contribution in [0.2, 0.25) is 0 Å². The number of benzene rings is 1. The first kappa shape index (κ1) is 8.43. The van der Waals surface area contributed by atoms with E-state index in [1.54, 1.807) is 23.1 Å². The van der Waals surface area contributed by atoms with Gasteiger partial charge in [-0.25, -0.2) is 0 Å². The zero-order chi connectivity index (χ0) is 10.4. The first-order chi connectivity index (χ1) is 7.27. The molecule has 76 valence electrons. The maximum atomic E-state index is 11.6. The van der Waals surface area contributed by atoms with E-state index in [0.717, 1.165) is 0 Å². The number of nitrogens with zero attached hydrogens (tertiary/aromatic N) is 1. The van der Waals surface area contributed by atoms with E-state index < -0.39 is 0 Å². The topological polar surface area (TPSA) is 61.4 Å². The molecule has 2 aliphatic rings. The molecule has 2 N–H and O–H groups in total. The van der Waals surface area contributed by atoms with Gasteiger partial charge in [0.1, 0.15) is 0 Å². The van der Waals surface area contributed by atoms with Crippen LogP contribution in [-0.4, -0.2) is 24.6 Å². The molecule has 1 fully saturated rings. The molecule has 15 heavy (non-hydrogen) atoms. The van der Waals surface area contributed by atoms with Crippen molar-refractivity contribution in [1.82, 2.24) is 10.6 Å². The van der Waals surface area contributed by atoms with Crippen molar-refractivity contribution in [3.8, 4) is 0 Å². The monoisotopic (exact) mass is 203 g/mol. The Kier molecular flexibility index (Phi) is 1.58. The molecule has 1 aromatic rings. The molecule has 2 aliphatic heterocycles. The van der Waals surface area contributed by atoms with E-state index in [4.69, 9.17) is 0 Å². The van der Waals surface area contributed by atoms with Gasteiger partial charge in [0.25, 0.3) is 5.91 Å². The van der Waals surface area contributed by atoms with Crippen LogP contribution in [0.5, 0.6) is 0 Å². The second-order valence-electron chi connectivity index (χ2n) is 3.54. The van der Waals surface area contributed by atoms with Crippen LogP contribution in [0.3, 0.4) is 0 Å². The van der Waals surface area contributed by atoms with Crippen LogP contribution in [-0.2, 0) is 4.79 Å². The molecule has 3 rings (SSSR count). The predicted octanol–water partition coefficient (Wildman–Crippen LogP) is -0.350. The first-order valence-electron chi connectivity index (χ1n) is 4.73. The lowest BCUT2D eigenvalue weighted by molar-refractivity contribution is -0.116. The normalized spacial score (nSPS) is 23.5. The molecule has 0 radical (unpaired) electrons. The number of hydrogen-bond donors (Lipinski definition) is 2. The van der Waals surface area contributed by atoms with E-state index in [1.807, 2.05) is 6.07 Å². The molecule has 0 aromatic heterocycles. The van der Waals surface area contributed by atoms with E-state index in [-0.39, 0.29) is 24.6 Å². The molecule has 0 saturated carbocycles. The molecule has 0 aliphatic carbocycles. The Balaban J connectivity index is 2.18. The van der Waals surface area contributed by atoms with Gasteiger partial charge >= 0.3 is 0 Å². The largest absolute Gasteiger partial charge is 0.319 e. The number of amides is 2. The molecule has 2 heterocycles. The summed E-state index contributed by atoms with van der Waals surface area (Å²) in [6.45, 7) is 0.263. The number of carbonyl (C=O) groups is 2. The lowest BCUT2D eigenvalue weighted by atomic mass is 10.1. The molecule has 1 saturated heterocycles. The number of anilines is 1. The number of nitrogens with one attached hydrogen (secondary N) is 2. The van der Waals surface area contributed by atoms with Crippen LogP contribution >= 0.6 is 0 Å². The Morgan fingerprint density at radius 3 is 2.93 bits per heavy atom. The average Bonchev–Trinajstić information content (AvgIpc) is 2.61. The van der Waals surface area contributed by atoms with Crippen molar-refractivity contribution in [2.75, 3.05) is 11.4 Å². The molecule has 1 atom stereocenters. The van der Waals surface area contributed by atoms with Crippen molar-refractivity contribution in [3.05, 3.63) is 29.8 Å². The highest BCUT2D eigenvalue weighted by Crippen LogP contribution is 2.27. The van der Waals surface area contributed by atoms with Gasteiger partial charge in [0.2, 0.25) is 5.91 Å². The van der Waals surface area contributed by atoms with E-state index in [0.29, 0.717) is 11.3 Å². The fraction of sp³-hybridized carbons (Fsp3) is 0.200. The number of carbonyl (C=O) groups excluding carboxylic acids is 2. The summed E-state index contributed by atoms with van der Waals surface area (Å²) < 4.78 is 0. The van der Waals surface area contributed by atoms with Gasteiger partial charge in [-0.3, -0.25) is 19.8 Å². The highest BCUT2D eigenvalue weighted by atomic mass is 16.2. The smallest absolute Gasteiger partial charge is 0.256 e. The van der Waals surface area contributed by atoms with E-state index in [2.05, 4.69) is 10.6 Å². The molecular weight excluding hydrogens is 194 g/mol. The Morgan fingerprint density at radius 1 is 1.27 bits per heavy atom. The SMILES string of the molecule is O=C1NC2NCC(=O)N2c2ccccc21. The molecular formula is C10H9N3O2. The van der Waals surface area contributed by atoms with Crippen LogP contribution in [0.4, 0.5) is 5.69 Å². The van der Waals surface area contributed by atoms with Crippen molar-refractivity contribution >= 4 is 17.5 Å². The number of para-hydroxylation sites is 1. The predicted molar refractivity (Wildman–Crippen MR) is 53.2 cm³/mol. The van der Waals surface area contributed by atoms with E-state index >= 15 is 0 Å². The minimum Gasteiger partial charge on any atom is -0.319 e. The van der Waals surface area contributed by atoms with Crippen molar-refractivity contribution < 1.29 is 9.59 Å². The van der Waals surface area contributed by atoms with Gasteiger partial charge in [0, 0.05) is 0 Å².